The van der Waals surface area contributed by atoms with Crippen molar-refractivity contribution in [1.29, 1.82) is 0 Å². The number of anilines is 2. The highest BCUT2D eigenvalue weighted by molar-refractivity contribution is 5.43. The zero-order chi connectivity index (χ0) is 10.8. The van der Waals surface area contributed by atoms with Crippen LogP contribution in [0.25, 0.3) is 0 Å². The molecule has 5 nitrogen and oxygen atoms in total. The number of piperidine rings is 1. The second kappa shape index (κ2) is 4.02. The molecule has 0 aromatic carbocycles. The second-order valence-electron chi connectivity index (χ2n) is 4.15. The quantitative estimate of drug-likeness (QED) is 0.698. The van der Waals surface area contributed by atoms with Gasteiger partial charge in [0.05, 0.1) is 0 Å². The van der Waals surface area contributed by atoms with Crippen molar-refractivity contribution in [3.63, 3.8) is 0 Å². The van der Waals surface area contributed by atoms with Gasteiger partial charge in [-0.2, -0.15) is 4.98 Å². The standard InChI is InChI=1S/C10H17N5/c1-15-4-2-7(3-5-15)8-6-13-10(12)14-9(8)11/h6-7H,2-5H2,1H3,(H4,11,12,13,14). The van der Waals surface area contributed by atoms with Crippen LogP contribution in [0.4, 0.5) is 11.8 Å². The number of aromatic nitrogens is 2. The number of nitrogens with two attached hydrogens (primary N) is 2. The number of rotatable bonds is 1. The Hall–Kier alpha value is -1.36. The van der Waals surface area contributed by atoms with Crippen LogP contribution in [-0.2, 0) is 0 Å². The van der Waals surface area contributed by atoms with Crippen LogP contribution in [0.1, 0.15) is 24.3 Å². The van der Waals surface area contributed by atoms with Crippen LogP contribution in [0.15, 0.2) is 6.20 Å². The van der Waals surface area contributed by atoms with Gasteiger partial charge in [0, 0.05) is 11.8 Å². The summed E-state index contributed by atoms with van der Waals surface area (Å²) in [7, 11) is 2.14. The molecule has 4 N–H and O–H groups in total. The molecule has 1 aromatic rings. The lowest BCUT2D eigenvalue weighted by atomic mass is 9.91. The van der Waals surface area contributed by atoms with Gasteiger partial charge in [-0.3, -0.25) is 0 Å². The Morgan fingerprint density at radius 2 is 2.00 bits per heavy atom. The van der Waals surface area contributed by atoms with Crippen molar-refractivity contribution in [2.45, 2.75) is 18.8 Å². The monoisotopic (exact) mass is 207 g/mol. The molecule has 82 valence electrons. The minimum atomic E-state index is 0.254. The lowest BCUT2D eigenvalue weighted by Gasteiger charge is -2.29. The summed E-state index contributed by atoms with van der Waals surface area (Å²) >= 11 is 0. The minimum absolute atomic E-state index is 0.254. The first kappa shape index (κ1) is 10.2. The van der Waals surface area contributed by atoms with E-state index >= 15 is 0 Å². The van der Waals surface area contributed by atoms with Crippen LogP contribution < -0.4 is 11.5 Å². The fourth-order valence-corrected chi connectivity index (χ4v) is 2.05. The van der Waals surface area contributed by atoms with Gasteiger partial charge in [0.25, 0.3) is 0 Å². The average molecular weight is 207 g/mol. The second-order valence-corrected chi connectivity index (χ2v) is 4.15. The van der Waals surface area contributed by atoms with Gasteiger partial charge in [-0.05, 0) is 38.9 Å². The van der Waals surface area contributed by atoms with Gasteiger partial charge >= 0.3 is 0 Å². The predicted octanol–water partition coefficient (Wildman–Crippen LogP) is 0.450. The lowest BCUT2D eigenvalue weighted by molar-refractivity contribution is 0.255. The molecular weight excluding hydrogens is 190 g/mol. The van der Waals surface area contributed by atoms with E-state index in [0.29, 0.717) is 11.7 Å². The molecule has 1 aliphatic heterocycles. The molecule has 15 heavy (non-hydrogen) atoms. The third kappa shape index (κ3) is 2.18. The van der Waals surface area contributed by atoms with Crippen LogP contribution in [-0.4, -0.2) is 35.0 Å². The van der Waals surface area contributed by atoms with Crippen molar-refractivity contribution >= 4 is 11.8 Å². The van der Waals surface area contributed by atoms with Gasteiger partial charge in [0.1, 0.15) is 5.82 Å². The lowest BCUT2D eigenvalue weighted by Crippen LogP contribution is -2.29. The van der Waals surface area contributed by atoms with E-state index in [0.717, 1.165) is 31.5 Å². The maximum absolute atomic E-state index is 5.84. The SMILES string of the molecule is CN1CCC(c2cnc(N)nc2N)CC1. The molecular formula is C10H17N5. The number of likely N-dealkylation sites (tertiary alicyclic amines) is 1. The zero-order valence-corrected chi connectivity index (χ0v) is 8.98. The first-order chi connectivity index (χ1) is 7.16. The molecule has 1 aliphatic rings. The molecule has 0 unspecified atom stereocenters. The Kier molecular flexibility index (Phi) is 2.73. The van der Waals surface area contributed by atoms with E-state index in [9.17, 15) is 0 Å². The van der Waals surface area contributed by atoms with Crippen LogP contribution in [0.3, 0.4) is 0 Å². The van der Waals surface area contributed by atoms with E-state index < -0.39 is 0 Å². The molecule has 0 radical (unpaired) electrons. The molecule has 1 aromatic heterocycles. The summed E-state index contributed by atoms with van der Waals surface area (Å²) in [6.07, 6.45) is 4.01. The Labute approximate surface area is 89.5 Å². The van der Waals surface area contributed by atoms with Gasteiger partial charge < -0.3 is 16.4 Å². The summed E-state index contributed by atoms with van der Waals surface area (Å²) < 4.78 is 0. The fraction of sp³-hybridized carbons (Fsp3) is 0.600. The topological polar surface area (TPSA) is 81.1 Å². The van der Waals surface area contributed by atoms with E-state index in [2.05, 4.69) is 21.9 Å². The third-order valence-electron chi connectivity index (χ3n) is 3.03. The van der Waals surface area contributed by atoms with Crippen molar-refractivity contribution in [2.75, 3.05) is 31.6 Å². The summed E-state index contributed by atoms with van der Waals surface area (Å²) in [5, 5.41) is 0. The van der Waals surface area contributed by atoms with E-state index in [1.54, 1.807) is 6.20 Å². The molecule has 0 spiro atoms. The molecule has 0 aliphatic carbocycles. The molecule has 5 heteroatoms. The number of nitrogen functional groups attached to an aromatic ring is 2. The summed E-state index contributed by atoms with van der Waals surface area (Å²) in [5.41, 5.74) is 12.4. The Bertz CT molecular complexity index is 344. The van der Waals surface area contributed by atoms with Gasteiger partial charge in [0.2, 0.25) is 5.95 Å². The number of nitrogens with zero attached hydrogens (tertiary/aromatic N) is 3. The van der Waals surface area contributed by atoms with Crippen LogP contribution in [0.5, 0.6) is 0 Å². The molecule has 0 amide bonds. The normalized spacial score (nSPS) is 19.3. The van der Waals surface area contributed by atoms with Gasteiger partial charge in [-0.15, -0.1) is 0 Å². The number of hydrogen-bond donors (Lipinski definition) is 2. The minimum Gasteiger partial charge on any atom is -0.383 e. The largest absolute Gasteiger partial charge is 0.383 e. The molecule has 0 bridgehead atoms. The van der Waals surface area contributed by atoms with Crippen molar-refractivity contribution in [2.24, 2.45) is 0 Å². The van der Waals surface area contributed by atoms with Gasteiger partial charge in [-0.25, -0.2) is 4.98 Å². The zero-order valence-electron chi connectivity index (χ0n) is 8.98. The maximum atomic E-state index is 5.84. The molecule has 0 atom stereocenters. The highest BCUT2D eigenvalue weighted by Gasteiger charge is 2.21. The van der Waals surface area contributed by atoms with E-state index in [4.69, 9.17) is 11.5 Å². The van der Waals surface area contributed by atoms with Gasteiger partial charge in [0.15, 0.2) is 0 Å². The average Bonchev–Trinajstić information content (AvgIpc) is 2.20. The highest BCUT2D eigenvalue weighted by Crippen LogP contribution is 2.29. The highest BCUT2D eigenvalue weighted by atomic mass is 15.1. The predicted molar refractivity (Wildman–Crippen MR) is 60.3 cm³/mol. The Balaban J connectivity index is 2.15. The Morgan fingerprint density at radius 3 is 2.60 bits per heavy atom. The fourth-order valence-electron chi connectivity index (χ4n) is 2.05. The Morgan fingerprint density at radius 1 is 1.33 bits per heavy atom. The van der Waals surface area contributed by atoms with Crippen molar-refractivity contribution in [3.05, 3.63) is 11.8 Å². The molecule has 2 rings (SSSR count). The summed E-state index contributed by atoms with van der Waals surface area (Å²) in [5.74, 6) is 1.28. The summed E-state index contributed by atoms with van der Waals surface area (Å²) in [6.45, 7) is 2.21. The molecule has 1 fully saturated rings. The summed E-state index contributed by atoms with van der Waals surface area (Å²) in [4.78, 5) is 10.3. The summed E-state index contributed by atoms with van der Waals surface area (Å²) in [6, 6.07) is 0. The first-order valence-corrected chi connectivity index (χ1v) is 5.23. The molecule has 2 heterocycles. The van der Waals surface area contributed by atoms with Crippen molar-refractivity contribution in [3.8, 4) is 0 Å². The smallest absolute Gasteiger partial charge is 0.221 e. The first-order valence-electron chi connectivity index (χ1n) is 5.23. The van der Waals surface area contributed by atoms with Gasteiger partial charge in [-0.1, -0.05) is 0 Å². The molecule has 0 saturated carbocycles. The van der Waals surface area contributed by atoms with Crippen molar-refractivity contribution in [1.82, 2.24) is 14.9 Å². The van der Waals surface area contributed by atoms with E-state index in [-0.39, 0.29) is 5.95 Å². The maximum Gasteiger partial charge on any atom is 0.221 e. The molecule has 1 saturated heterocycles. The van der Waals surface area contributed by atoms with Crippen LogP contribution >= 0.6 is 0 Å². The third-order valence-corrected chi connectivity index (χ3v) is 3.03. The van der Waals surface area contributed by atoms with E-state index in [1.165, 1.54) is 0 Å². The van der Waals surface area contributed by atoms with Crippen LogP contribution in [0, 0.1) is 0 Å². The van der Waals surface area contributed by atoms with E-state index in [1.807, 2.05) is 0 Å². The van der Waals surface area contributed by atoms with Crippen molar-refractivity contribution < 1.29 is 0 Å². The number of hydrogen-bond acceptors (Lipinski definition) is 5. The van der Waals surface area contributed by atoms with Crippen LogP contribution in [0.2, 0.25) is 0 Å².